The number of terminal acetylenes is 1. The number of carbonyl (C=O) groups excluding carboxylic acids is 1. The van der Waals surface area contributed by atoms with E-state index in [0.717, 1.165) is 0 Å². The first-order valence-corrected chi connectivity index (χ1v) is 7.01. The van der Waals surface area contributed by atoms with Crippen LogP contribution in [0.1, 0.15) is 15.9 Å². The summed E-state index contributed by atoms with van der Waals surface area (Å²) >= 11 is 0. The summed E-state index contributed by atoms with van der Waals surface area (Å²) in [6, 6.07) is 10.1. The molecule has 3 aromatic rings. The van der Waals surface area contributed by atoms with Crippen LogP contribution >= 0.6 is 0 Å². The number of anilines is 1. The predicted molar refractivity (Wildman–Crippen MR) is 88.7 cm³/mol. The predicted octanol–water partition coefficient (Wildman–Crippen LogP) is 2.90. The molecule has 6 heteroatoms. The van der Waals surface area contributed by atoms with Crippen molar-refractivity contribution in [1.29, 1.82) is 0 Å². The van der Waals surface area contributed by atoms with Crippen LogP contribution in [0.25, 0.3) is 0 Å². The molecule has 0 aliphatic rings. The molecule has 0 spiro atoms. The van der Waals surface area contributed by atoms with Gasteiger partial charge in [-0.1, -0.05) is 12.0 Å². The van der Waals surface area contributed by atoms with Crippen molar-refractivity contribution in [1.82, 2.24) is 15.0 Å². The van der Waals surface area contributed by atoms with Crippen molar-refractivity contribution in [3.8, 4) is 23.8 Å². The van der Waals surface area contributed by atoms with Gasteiger partial charge < -0.3 is 10.1 Å². The molecule has 1 N–H and O–H groups in total. The van der Waals surface area contributed by atoms with Crippen LogP contribution in [0.2, 0.25) is 0 Å². The third-order valence-corrected chi connectivity index (χ3v) is 3.04. The Bertz CT molecular complexity index is 904. The topological polar surface area (TPSA) is 77.0 Å². The Hall–Kier alpha value is -3.72. The molecule has 0 radical (unpaired) electrons. The molecule has 0 fully saturated rings. The number of pyridine rings is 1. The van der Waals surface area contributed by atoms with Gasteiger partial charge in [0.25, 0.3) is 5.91 Å². The zero-order chi connectivity index (χ0) is 16.8. The smallest absolute Gasteiger partial charge is 0.256 e. The highest BCUT2D eigenvalue weighted by molar-refractivity contribution is 6.04. The minimum atomic E-state index is -0.306. The molecule has 0 atom stereocenters. The van der Waals surface area contributed by atoms with Crippen molar-refractivity contribution >= 4 is 11.7 Å². The largest absolute Gasteiger partial charge is 0.454 e. The van der Waals surface area contributed by atoms with Gasteiger partial charge in [0.15, 0.2) is 5.75 Å². The quantitative estimate of drug-likeness (QED) is 0.749. The van der Waals surface area contributed by atoms with Crippen molar-refractivity contribution < 1.29 is 9.53 Å². The fourth-order valence-corrected chi connectivity index (χ4v) is 1.96. The Morgan fingerprint density at radius 2 is 1.96 bits per heavy atom. The van der Waals surface area contributed by atoms with Gasteiger partial charge in [-0.05, 0) is 24.3 Å². The SMILES string of the molecule is C#Cc1cccc(C(=O)Nc2cc(Oc3cncnc3)ccn2)c1. The standard InChI is InChI=1S/C18H12N4O2/c1-2-13-4-3-5-14(8-13)18(23)22-17-9-15(6-7-21-17)24-16-10-19-12-20-11-16/h1,3-12H,(H,21,22,23). The minimum absolute atomic E-state index is 0.306. The number of hydrogen-bond donors (Lipinski definition) is 1. The molecule has 2 aromatic heterocycles. The van der Waals surface area contributed by atoms with E-state index in [1.807, 2.05) is 0 Å². The van der Waals surface area contributed by atoms with E-state index in [2.05, 4.69) is 26.2 Å². The van der Waals surface area contributed by atoms with E-state index in [1.54, 1.807) is 36.4 Å². The lowest BCUT2D eigenvalue weighted by Crippen LogP contribution is -2.13. The Morgan fingerprint density at radius 1 is 1.12 bits per heavy atom. The van der Waals surface area contributed by atoms with Gasteiger partial charge in [-0.15, -0.1) is 6.42 Å². The molecule has 0 unspecified atom stereocenters. The molecule has 0 saturated carbocycles. The highest BCUT2D eigenvalue weighted by Crippen LogP contribution is 2.21. The average Bonchev–Trinajstić information content (AvgIpc) is 2.63. The van der Waals surface area contributed by atoms with Gasteiger partial charge in [-0.25, -0.2) is 15.0 Å². The molecule has 1 aromatic carbocycles. The third kappa shape index (κ3) is 3.72. The second-order valence-electron chi connectivity index (χ2n) is 4.73. The van der Waals surface area contributed by atoms with Crippen LogP contribution in [-0.2, 0) is 0 Å². The first-order valence-electron chi connectivity index (χ1n) is 7.01. The Labute approximate surface area is 138 Å². The normalized spacial score (nSPS) is 9.79. The van der Waals surface area contributed by atoms with Crippen molar-refractivity contribution in [3.63, 3.8) is 0 Å². The molecule has 1 amide bonds. The third-order valence-electron chi connectivity index (χ3n) is 3.04. The first kappa shape index (κ1) is 15.2. The van der Waals surface area contributed by atoms with Crippen LogP contribution in [0.3, 0.4) is 0 Å². The van der Waals surface area contributed by atoms with E-state index in [1.165, 1.54) is 24.9 Å². The van der Waals surface area contributed by atoms with E-state index in [0.29, 0.717) is 28.4 Å². The van der Waals surface area contributed by atoms with Crippen LogP contribution in [0.5, 0.6) is 11.5 Å². The summed E-state index contributed by atoms with van der Waals surface area (Å²) in [5.74, 6) is 3.55. The Morgan fingerprint density at radius 3 is 2.75 bits per heavy atom. The molecule has 6 nitrogen and oxygen atoms in total. The van der Waals surface area contributed by atoms with E-state index in [-0.39, 0.29) is 5.91 Å². The van der Waals surface area contributed by atoms with Crippen LogP contribution in [-0.4, -0.2) is 20.9 Å². The number of rotatable bonds is 4. The van der Waals surface area contributed by atoms with Gasteiger partial charge >= 0.3 is 0 Å². The zero-order valence-corrected chi connectivity index (χ0v) is 12.5. The summed E-state index contributed by atoms with van der Waals surface area (Å²) in [5, 5.41) is 2.71. The molecular weight excluding hydrogens is 304 g/mol. The highest BCUT2D eigenvalue weighted by atomic mass is 16.5. The van der Waals surface area contributed by atoms with Crippen LogP contribution < -0.4 is 10.1 Å². The number of nitrogens with one attached hydrogen (secondary N) is 1. The summed E-state index contributed by atoms with van der Waals surface area (Å²) in [7, 11) is 0. The van der Waals surface area contributed by atoms with E-state index < -0.39 is 0 Å². The number of carbonyl (C=O) groups is 1. The van der Waals surface area contributed by atoms with Gasteiger partial charge in [0.2, 0.25) is 0 Å². The van der Waals surface area contributed by atoms with Crippen LogP contribution in [0.4, 0.5) is 5.82 Å². The molecule has 24 heavy (non-hydrogen) atoms. The Balaban J connectivity index is 1.74. The van der Waals surface area contributed by atoms with Crippen molar-refractivity contribution in [2.75, 3.05) is 5.32 Å². The second kappa shape index (κ2) is 7.03. The van der Waals surface area contributed by atoms with E-state index in [4.69, 9.17) is 11.2 Å². The lowest BCUT2D eigenvalue weighted by molar-refractivity contribution is 0.102. The van der Waals surface area contributed by atoms with Crippen molar-refractivity contribution in [2.45, 2.75) is 0 Å². The highest BCUT2D eigenvalue weighted by Gasteiger charge is 2.08. The number of ether oxygens (including phenoxy) is 1. The van der Waals surface area contributed by atoms with Crippen LogP contribution in [0.15, 0.2) is 61.3 Å². The number of aromatic nitrogens is 3. The number of hydrogen-bond acceptors (Lipinski definition) is 5. The zero-order valence-electron chi connectivity index (χ0n) is 12.5. The van der Waals surface area contributed by atoms with E-state index >= 15 is 0 Å². The summed E-state index contributed by atoms with van der Waals surface area (Å²) in [5.41, 5.74) is 1.09. The molecule has 3 rings (SSSR count). The van der Waals surface area contributed by atoms with Crippen LogP contribution in [0, 0.1) is 12.3 Å². The maximum absolute atomic E-state index is 12.3. The first-order chi connectivity index (χ1) is 11.7. The molecule has 0 bridgehead atoms. The fourth-order valence-electron chi connectivity index (χ4n) is 1.96. The summed E-state index contributed by atoms with van der Waals surface area (Å²) in [6.07, 6.45) is 11.4. The molecule has 116 valence electrons. The van der Waals surface area contributed by atoms with Crippen molar-refractivity contribution in [3.05, 3.63) is 72.4 Å². The number of nitrogens with zero attached hydrogens (tertiary/aromatic N) is 3. The Kier molecular flexibility index (Phi) is 4.45. The fraction of sp³-hybridized carbons (Fsp3) is 0. The maximum atomic E-state index is 12.3. The second-order valence-corrected chi connectivity index (χ2v) is 4.73. The monoisotopic (exact) mass is 316 g/mol. The number of amides is 1. The average molecular weight is 316 g/mol. The summed E-state index contributed by atoms with van der Waals surface area (Å²) < 4.78 is 5.60. The maximum Gasteiger partial charge on any atom is 0.256 e. The van der Waals surface area contributed by atoms with Crippen molar-refractivity contribution in [2.24, 2.45) is 0 Å². The molecular formula is C18H12N4O2. The van der Waals surface area contributed by atoms with Gasteiger partial charge in [-0.2, -0.15) is 0 Å². The summed E-state index contributed by atoms with van der Waals surface area (Å²) in [4.78, 5) is 24.1. The minimum Gasteiger partial charge on any atom is -0.454 e. The number of benzene rings is 1. The lowest BCUT2D eigenvalue weighted by Gasteiger charge is -2.08. The molecule has 0 saturated heterocycles. The van der Waals surface area contributed by atoms with Gasteiger partial charge in [-0.3, -0.25) is 4.79 Å². The van der Waals surface area contributed by atoms with Gasteiger partial charge in [0.1, 0.15) is 17.9 Å². The summed E-state index contributed by atoms with van der Waals surface area (Å²) in [6.45, 7) is 0. The molecule has 0 aliphatic carbocycles. The van der Waals surface area contributed by atoms with Gasteiger partial charge in [0, 0.05) is 23.4 Å². The van der Waals surface area contributed by atoms with E-state index in [9.17, 15) is 4.79 Å². The molecule has 0 aliphatic heterocycles. The van der Waals surface area contributed by atoms with Gasteiger partial charge in [0.05, 0.1) is 12.4 Å². The lowest BCUT2D eigenvalue weighted by atomic mass is 10.1. The molecule has 2 heterocycles.